The van der Waals surface area contributed by atoms with Crippen molar-refractivity contribution in [3.05, 3.63) is 36.5 Å². The molecule has 0 rings (SSSR count). The van der Waals surface area contributed by atoms with Crippen molar-refractivity contribution in [2.75, 3.05) is 33.0 Å². The first-order chi connectivity index (χ1) is 30.3. The molecule has 0 aromatic carbocycles. The molecule has 0 aliphatic carbocycles. The quantitative estimate of drug-likeness (QED) is 0.0236. The van der Waals surface area contributed by atoms with Crippen LogP contribution in [0.1, 0.15) is 245 Å². The summed E-state index contributed by atoms with van der Waals surface area (Å²) in [6.45, 7) is 3.45. The molecule has 0 saturated heterocycles. The van der Waals surface area contributed by atoms with Crippen LogP contribution >= 0.6 is 7.82 Å². The molecule has 0 fully saturated rings. The molecule has 0 aromatic rings. The van der Waals surface area contributed by atoms with Crippen molar-refractivity contribution in [2.24, 2.45) is 0 Å². The van der Waals surface area contributed by atoms with Gasteiger partial charge >= 0.3 is 13.8 Å². The lowest BCUT2D eigenvalue weighted by Gasteiger charge is -2.20. The monoisotopic (exact) mass is 899 g/mol. The van der Waals surface area contributed by atoms with Crippen molar-refractivity contribution >= 4 is 13.8 Å². The van der Waals surface area contributed by atoms with Gasteiger partial charge in [-0.15, -0.1) is 0 Å². The smallest absolute Gasteiger partial charge is 0.457 e. The van der Waals surface area contributed by atoms with E-state index in [0.29, 0.717) is 6.61 Å². The number of phosphoric acid groups is 1. The maximum Gasteiger partial charge on any atom is 0.472 e. The van der Waals surface area contributed by atoms with E-state index in [1.807, 2.05) is 0 Å². The second kappa shape index (κ2) is 49.1. The molecule has 366 valence electrons. The van der Waals surface area contributed by atoms with Gasteiger partial charge in [0.1, 0.15) is 12.2 Å². The molecule has 0 heterocycles. The average molecular weight is 899 g/mol. The summed E-state index contributed by atoms with van der Waals surface area (Å²) in [6.07, 6.45) is 55.5. The molecule has 0 aromatic heterocycles. The molecule has 10 heteroatoms. The SMILES string of the molecule is CC/C=C\C/C=C\C/C=C\CCCCCCCCCC(=O)OC(COCCCCCCCCCCCCCCCCCCCCCCCCCC)COP(=O)(O)OCC(O)CO. The second-order valence-corrected chi connectivity index (χ2v) is 19.0. The zero-order chi connectivity index (χ0) is 45.3. The molecule has 9 nitrogen and oxygen atoms in total. The summed E-state index contributed by atoms with van der Waals surface area (Å²) in [4.78, 5) is 22.7. The number of allylic oxidation sites excluding steroid dienone is 6. The van der Waals surface area contributed by atoms with Crippen molar-refractivity contribution in [1.29, 1.82) is 0 Å². The molecule has 3 N–H and O–H groups in total. The van der Waals surface area contributed by atoms with Gasteiger partial charge in [-0.25, -0.2) is 4.57 Å². The van der Waals surface area contributed by atoms with Gasteiger partial charge in [0.05, 0.1) is 26.4 Å². The summed E-state index contributed by atoms with van der Waals surface area (Å²) in [7, 11) is -4.52. The number of aliphatic hydroxyl groups excluding tert-OH is 2. The predicted molar refractivity (Wildman–Crippen MR) is 261 cm³/mol. The number of ether oxygens (including phenoxy) is 2. The van der Waals surface area contributed by atoms with E-state index < -0.39 is 33.2 Å². The summed E-state index contributed by atoms with van der Waals surface area (Å²) in [5.74, 6) is -0.388. The van der Waals surface area contributed by atoms with Gasteiger partial charge in [-0.3, -0.25) is 13.8 Å². The molecule has 3 atom stereocenters. The summed E-state index contributed by atoms with van der Waals surface area (Å²) in [5, 5.41) is 18.4. The van der Waals surface area contributed by atoms with Crippen molar-refractivity contribution < 1.29 is 43.0 Å². The number of hydrogen-bond acceptors (Lipinski definition) is 8. The first-order valence-corrected chi connectivity index (χ1v) is 27.5. The maximum absolute atomic E-state index is 12.7. The molecule has 0 aliphatic rings. The molecule has 0 aliphatic heterocycles. The van der Waals surface area contributed by atoms with Gasteiger partial charge in [-0.05, 0) is 44.9 Å². The minimum atomic E-state index is -4.52. The van der Waals surface area contributed by atoms with E-state index in [2.05, 4.69) is 50.3 Å². The Morgan fingerprint density at radius 1 is 0.516 bits per heavy atom. The minimum absolute atomic E-state index is 0.0485. The van der Waals surface area contributed by atoms with Crippen LogP contribution in [0.15, 0.2) is 36.5 Å². The van der Waals surface area contributed by atoms with E-state index in [-0.39, 0.29) is 25.6 Å². The van der Waals surface area contributed by atoms with Crippen LogP contribution in [0.5, 0.6) is 0 Å². The number of carbonyl (C=O) groups is 1. The van der Waals surface area contributed by atoms with E-state index in [1.165, 1.54) is 161 Å². The zero-order valence-electron chi connectivity index (χ0n) is 40.3. The highest BCUT2D eigenvalue weighted by Gasteiger charge is 2.26. The van der Waals surface area contributed by atoms with E-state index >= 15 is 0 Å². The average Bonchev–Trinajstić information content (AvgIpc) is 3.26. The lowest BCUT2D eigenvalue weighted by atomic mass is 10.0. The van der Waals surface area contributed by atoms with Gasteiger partial charge in [0, 0.05) is 13.0 Å². The Morgan fingerprint density at radius 3 is 1.39 bits per heavy atom. The van der Waals surface area contributed by atoms with Gasteiger partial charge in [-0.1, -0.05) is 230 Å². The summed E-state index contributed by atoms with van der Waals surface area (Å²) in [5.41, 5.74) is 0. The molecule has 3 unspecified atom stereocenters. The molecule has 0 saturated carbocycles. The van der Waals surface area contributed by atoms with Gasteiger partial charge < -0.3 is 24.6 Å². The Bertz CT molecular complexity index is 1060. The van der Waals surface area contributed by atoms with Crippen molar-refractivity contribution in [2.45, 2.75) is 257 Å². The topological polar surface area (TPSA) is 132 Å². The number of carbonyl (C=O) groups excluding carboxylic acids is 1. The highest BCUT2D eigenvalue weighted by Crippen LogP contribution is 2.43. The van der Waals surface area contributed by atoms with Crippen LogP contribution in [0.25, 0.3) is 0 Å². The van der Waals surface area contributed by atoms with Crippen LogP contribution in [0, 0.1) is 0 Å². The van der Waals surface area contributed by atoms with E-state index in [9.17, 15) is 19.4 Å². The Hall–Kier alpha value is -1.32. The third kappa shape index (κ3) is 48.1. The number of unbranched alkanes of at least 4 members (excludes halogenated alkanes) is 30. The first kappa shape index (κ1) is 60.7. The van der Waals surface area contributed by atoms with E-state index in [1.54, 1.807) is 0 Å². The summed E-state index contributed by atoms with van der Waals surface area (Å²) in [6, 6.07) is 0. The third-order valence-corrected chi connectivity index (χ3v) is 12.3. The highest BCUT2D eigenvalue weighted by molar-refractivity contribution is 7.47. The Labute approximate surface area is 382 Å². The maximum atomic E-state index is 12.7. The van der Waals surface area contributed by atoms with Crippen LogP contribution in [0.2, 0.25) is 0 Å². The van der Waals surface area contributed by atoms with Gasteiger partial charge in [0.15, 0.2) is 0 Å². The summed E-state index contributed by atoms with van der Waals surface area (Å²) >= 11 is 0. The predicted octanol–water partition coefficient (Wildman–Crippen LogP) is 15.2. The number of rotatable bonds is 50. The fourth-order valence-electron chi connectivity index (χ4n) is 7.43. The Morgan fingerprint density at radius 2 is 0.919 bits per heavy atom. The number of phosphoric ester groups is 1. The second-order valence-electron chi connectivity index (χ2n) is 17.5. The molecule has 0 radical (unpaired) electrons. The molecular formula is C52H99O9P. The van der Waals surface area contributed by atoms with Gasteiger partial charge in [0.2, 0.25) is 0 Å². The van der Waals surface area contributed by atoms with Crippen LogP contribution in [0.3, 0.4) is 0 Å². The standard InChI is InChI=1S/C52H99O9P/c1-3-5-7-9-11-13-15-17-19-21-22-23-24-25-26-27-29-31-33-35-37-39-41-43-45-58-48-51(49-60-62(56,57)59-47-50(54)46-53)61-52(55)44-42-40-38-36-34-32-30-28-20-18-16-14-12-10-8-6-4-2/h6,8,12,14,18,20,50-51,53-54H,3-5,7,9-11,13,15-17,19,21-49H2,1-2H3,(H,56,57)/b8-6-,14-12-,20-18-. The Kier molecular flexibility index (Phi) is 48.1. The molecular weight excluding hydrogens is 800 g/mol. The molecule has 0 amide bonds. The van der Waals surface area contributed by atoms with Crippen LogP contribution in [-0.2, 0) is 27.9 Å². The first-order valence-electron chi connectivity index (χ1n) is 26.0. The number of aliphatic hydroxyl groups is 2. The Balaban J connectivity index is 4.01. The fraction of sp³-hybridized carbons (Fsp3) is 0.865. The zero-order valence-corrected chi connectivity index (χ0v) is 41.2. The minimum Gasteiger partial charge on any atom is -0.457 e. The number of hydrogen-bond donors (Lipinski definition) is 3. The fourth-order valence-corrected chi connectivity index (χ4v) is 8.22. The molecule has 0 spiro atoms. The van der Waals surface area contributed by atoms with Crippen LogP contribution in [0.4, 0.5) is 0 Å². The summed E-state index contributed by atoms with van der Waals surface area (Å²) < 4.78 is 33.5. The van der Waals surface area contributed by atoms with Crippen LogP contribution in [-0.4, -0.2) is 66.3 Å². The van der Waals surface area contributed by atoms with Crippen LogP contribution < -0.4 is 0 Å². The highest BCUT2D eigenvalue weighted by atomic mass is 31.2. The molecule has 0 bridgehead atoms. The van der Waals surface area contributed by atoms with Crippen molar-refractivity contribution in [3.8, 4) is 0 Å². The van der Waals surface area contributed by atoms with Gasteiger partial charge in [-0.2, -0.15) is 0 Å². The van der Waals surface area contributed by atoms with Crippen molar-refractivity contribution in [3.63, 3.8) is 0 Å². The lowest BCUT2D eigenvalue weighted by molar-refractivity contribution is -0.154. The van der Waals surface area contributed by atoms with Gasteiger partial charge in [0.25, 0.3) is 0 Å². The number of esters is 1. The van der Waals surface area contributed by atoms with Crippen molar-refractivity contribution in [1.82, 2.24) is 0 Å². The van der Waals surface area contributed by atoms with E-state index in [4.69, 9.17) is 23.6 Å². The normalized spacial score (nSPS) is 14.1. The third-order valence-electron chi connectivity index (χ3n) is 11.3. The largest absolute Gasteiger partial charge is 0.472 e. The lowest BCUT2D eigenvalue weighted by Crippen LogP contribution is -2.29. The molecule has 62 heavy (non-hydrogen) atoms. The van der Waals surface area contributed by atoms with E-state index in [0.717, 1.165) is 64.2 Å².